The highest BCUT2D eigenvalue weighted by Gasteiger charge is 2.31. The number of fused-ring (bicyclic) bond motifs is 3. The van der Waals surface area contributed by atoms with Gasteiger partial charge in [-0.1, -0.05) is 18.2 Å². The molecule has 9 nitrogen and oxygen atoms in total. The Balaban J connectivity index is 2.02. The van der Waals surface area contributed by atoms with Crippen molar-refractivity contribution in [1.82, 2.24) is 4.57 Å². The predicted molar refractivity (Wildman–Crippen MR) is 115 cm³/mol. The molecule has 0 radical (unpaired) electrons. The molecular weight excluding hydrogens is 390 g/mol. The summed E-state index contributed by atoms with van der Waals surface area (Å²) in [6.45, 7) is -0.462. The van der Waals surface area contributed by atoms with Crippen LogP contribution >= 0.6 is 0 Å². The number of hydrogen-bond acceptors (Lipinski definition) is 8. The summed E-state index contributed by atoms with van der Waals surface area (Å²) in [6, 6.07) is 11.3. The second kappa shape index (κ2) is 9.17. The summed E-state index contributed by atoms with van der Waals surface area (Å²) >= 11 is 0. The number of aliphatic hydroxyl groups is 6. The van der Waals surface area contributed by atoms with E-state index in [0.29, 0.717) is 12.2 Å². The van der Waals surface area contributed by atoms with E-state index in [2.05, 4.69) is 0 Å². The summed E-state index contributed by atoms with van der Waals surface area (Å²) in [5.41, 5.74) is 9.24. The molecule has 0 aliphatic heterocycles. The standard InChI is InChI=1S/C21H29N3O6/c1-23(10-16(27)20(29)21(30)17(28)11-26)15-7-6-13(22)19-18(15)12-4-2-3-5-14(12)24(19)8-9-25/h2-7,16-17,20-21,25-30H,8-11,22H2,1H3. The van der Waals surface area contributed by atoms with E-state index in [1.54, 1.807) is 18.0 Å². The number of aliphatic hydroxyl groups excluding tert-OH is 6. The third-order valence-corrected chi connectivity index (χ3v) is 5.44. The minimum Gasteiger partial charge on any atom is -0.397 e. The lowest BCUT2D eigenvalue weighted by Gasteiger charge is -2.30. The van der Waals surface area contributed by atoms with Crippen LogP contribution in [-0.2, 0) is 6.54 Å². The normalized spacial score (nSPS) is 16.0. The molecule has 0 aliphatic carbocycles. The van der Waals surface area contributed by atoms with Gasteiger partial charge in [0.05, 0.1) is 30.5 Å². The average molecular weight is 419 g/mol. The van der Waals surface area contributed by atoms with Gasteiger partial charge in [-0.2, -0.15) is 0 Å². The Morgan fingerprint density at radius 1 is 0.967 bits per heavy atom. The summed E-state index contributed by atoms with van der Waals surface area (Å²) in [6.07, 6.45) is -6.27. The third kappa shape index (κ3) is 3.95. The van der Waals surface area contributed by atoms with Gasteiger partial charge in [-0.05, 0) is 18.2 Å². The maximum absolute atomic E-state index is 10.4. The molecule has 8 N–H and O–H groups in total. The van der Waals surface area contributed by atoms with Crippen LogP contribution in [0.5, 0.6) is 0 Å². The first-order chi connectivity index (χ1) is 14.3. The van der Waals surface area contributed by atoms with Crippen molar-refractivity contribution in [1.29, 1.82) is 0 Å². The number of para-hydroxylation sites is 1. The zero-order valence-electron chi connectivity index (χ0n) is 16.8. The lowest BCUT2D eigenvalue weighted by molar-refractivity contribution is -0.112. The van der Waals surface area contributed by atoms with E-state index in [1.165, 1.54) is 0 Å². The minimum absolute atomic E-state index is 0.0467. The van der Waals surface area contributed by atoms with Gasteiger partial charge >= 0.3 is 0 Å². The molecule has 0 saturated carbocycles. The Morgan fingerprint density at radius 2 is 1.63 bits per heavy atom. The van der Waals surface area contributed by atoms with Gasteiger partial charge in [-0.25, -0.2) is 0 Å². The minimum atomic E-state index is -1.68. The first kappa shape index (κ1) is 22.3. The highest BCUT2D eigenvalue weighted by Crippen LogP contribution is 2.39. The van der Waals surface area contributed by atoms with Crippen LogP contribution < -0.4 is 10.6 Å². The molecule has 0 spiro atoms. The van der Waals surface area contributed by atoms with Gasteiger partial charge in [0.1, 0.15) is 18.3 Å². The van der Waals surface area contributed by atoms with Gasteiger partial charge in [0.25, 0.3) is 0 Å². The van der Waals surface area contributed by atoms with E-state index in [9.17, 15) is 25.5 Å². The fraction of sp³-hybridized carbons (Fsp3) is 0.429. The first-order valence-electron chi connectivity index (χ1n) is 9.76. The van der Waals surface area contributed by atoms with E-state index in [0.717, 1.165) is 27.5 Å². The van der Waals surface area contributed by atoms with E-state index in [1.807, 2.05) is 34.9 Å². The van der Waals surface area contributed by atoms with Gasteiger partial charge in [-0.15, -0.1) is 0 Å². The molecule has 9 heteroatoms. The van der Waals surface area contributed by atoms with Gasteiger partial charge in [-0.3, -0.25) is 0 Å². The second-order valence-corrected chi connectivity index (χ2v) is 7.47. The Morgan fingerprint density at radius 3 is 2.30 bits per heavy atom. The number of rotatable bonds is 9. The van der Waals surface area contributed by atoms with E-state index < -0.39 is 31.0 Å². The van der Waals surface area contributed by atoms with Gasteiger partial charge in [0, 0.05) is 42.1 Å². The maximum Gasteiger partial charge on any atom is 0.111 e. The van der Waals surface area contributed by atoms with Crippen LogP contribution in [0.2, 0.25) is 0 Å². The summed E-state index contributed by atoms with van der Waals surface area (Å²) in [5, 5.41) is 60.2. The van der Waals surface area contributed by atoms with Crippen molar-refractivity contribution in [2.75, 3.05) is 37.4 Å². The number of nitrogens with zero attached hydrogens (tertiary/aromatic N) is 2. The largest absolute Gasteiger partial charge is 0.397 e. The molecule has 0 aliphatic rings. The molecule has 0 bridgehead atoms. The van der Waals surface area contributed by atoms with Crippen molar-refractivity contribution < 1.29 is 30.6 Å². The molecular formula is C21H29N3O6. The average Bonchev–Trinajstić information content (AvgIpc) is 3.08. The number of anilines is 2. The Kier molecular flexibility index (Phi) is 6.81. The summed E-state index contributed by atoms with van der Waals surface area (Å²) in [5.74, 6) is 0. The lowest BCUT2D eigenvalue weighted by Crippen LogP contribution is -2.49. The molecule has 1 heterocycles. The molecule has 3 aromatic rings. The molecule has 30 heavy (non-hydrogen) atoms. The molecule has 164 valence electrons. The smallest absolute Gasteiger partial charge is 0.111 e. The fourth-order valence-electron chi connectivity index (χ4n) is 3.89. The molecule has 4 unspecified atom stereocenters. The van der Waals surface area contributed by atoms with E-state index >= 15 is 0 Å². The molecule has 4 atom stereocenters. The Hall–Kier alpha value is -2.40. The molecule has 0 saturated heterocycles. The van der Waals surface area contributed by atoms with Crippen molar-refractivity contribution in [2.24, 2.45) is 0 Å². The zero-order chi connectivity index (χ0) is 22.0. The van der Waals surface area contributed by atoms with Crippen molar-refractivity contribution in [3.05, 3.63) is 36.4 Å². The number of likely N-dealkylation sites (N-methyl/N-ethyl adjacent to an activating group) is 1. The molecule has 3 rings (SSSR count). The molecule has 0 fully saturated rings. The van der Waals surface area contributed by atoms with Crippen LogP contribution in [-0.4, -0.2) is 86.4 Å². The van der Waals surface area contributed by atoms with Crippen molar-refractivity contribution >= 4 is 33.2 Å². The Bertz CT molecular complexity index is 1010. The van der Waals surface area contributed by atoms with Gasteiger partial charge in [0.2, 0.25) is 0 Å². The summed E-state index contributed by atoms with van der Waals surface area (Å²) < 4.78 is 1.95. The van der Waals surface area contributed by atoms with Gasteiger partial charge < -0.3 is 45.8 Å². The Labute approximate surface area is 173 Å². The first-order valence-corrected chi connectivity index (χ1v) is 9.76. The number of hydrogen-bond donors (Lipinski definition) is 7. The number of nitrogens with two attached hydrogens (primary N) is 1. The monoisotopic (exact) mass is 419 g/mol. The van der Waals surface area contributed by atoms with Crippen molar-refractivity contribution in [3.8, 4) is 0 Å². The fourth-order valence-corrected chi connectivity index (χ4v) is 3.89. The van der Waals surface area contributed by atoms with Crippen LogP contribution in [0, 0.1) is 0 Å². The van der Waals surface area contributed by atoms with Crippen LogP contribution in [0.3, 0.4) is 0 Å². The third-order valence-electron chi connectivity index (χ3n) is 5.44. The SMILES string of the molecule is CN(CC(O)C(O)C(O)C(O)CO)c1ccc(N)c2c1c1ccccc1n2CCO. The summed E-state index contributed by atoms with van der Waals surface area (Å²) in [4.78, 5) is 1.73. The van der Waals surface area contributed by atoms with Crippen LogP contribution in [0.1, 0.15) is 0 Å². The highest BCUT2D eigenvalue weighted by atomic mass is 16.4. The lowest BCUT2D eigenvalue weighted by atomic mass is 10.0. The van der Waals surface area contributed by atoms with Crippen LogP contribution in [0.4, 0.5) is 11.4 Å². The molecule has 1 aromatic heterocycles. The van der Waals surface area contributed by atoms with Gasteiger partial charge in [0.15, 0.2) is 0 Å². The molecule has 2 aromatic carbocycles. The van der Waals surface area contributed by atoms with Crippen molar-refractivity contribution in [2.45, 2.75) is 31.0 Å². The predicted octanol–water partition coefficient (Wildman–Crippen LogP) is -0.759. The summed E-state index contributed by atoms with van der Waals surface area (Å²) in [7, 11) is 1.73. The number of nitrogen functional groups attached to an aromatic ring is 1. The quantitative estimate of drug-likeness (QED) is 0.223. The van der Waals surface area contributed by atoms with E-state index in [4.69, 9.17) is 10.8 Å². The van der Waals surface area contributed by atoms with Crippen LogP contribution in [0.25, 0.3) is 21.8 Å². The maximum atomic E-state index is 10.4. The topological polar surface area (TPSA) is 156 Å². The second-order valence-electron chi connectivity index (χ2n) is 7.47. The number of benzene rings is 2. The molecule has 0 amide bonds. The number of aromatic nitrogens is 1. The van der Waals surface area contributed by atoms with E-state index in [-0.39, 0.29) is 13.2 Å². The highest BCUT2D eigenvalue weighted by molar-refractivity contribution is 6.17. The van der Waals surface area contributed by atoms with Crippen molar-refractivity contribution in [3.63, 3.8) is 0 Å². The zero-order valence-corrected chi connectivity index (χ0v) is 16.8. The van der Waals surface area contributed by atoms with Crippen LogP contribution in [0.15, 0.2) is 36.4 Å².